The summed E-state index contributed by atoms with van der Waals surface area (Å²) in [7, 11) is -3.29. The predicted octanol–water partition coefficient (Wildman–Crippen LogP) is 1.05. The SMILES string of the molecule is C=CCN(CC=C)OCC.COS(=O)(=O)O. The lowest BCUT2D eigenvalue weighted by molar-refractivity contribution is -0.138. The summed E-state index contributed by atoms with van der Waals surface area (Å²) in [5.74, 6) is 0. The van der Waals surface area contributed by atoms with Crippen molar-refractivity contribution in [1.82, 2.24) is 5.06 Å². The molecule has 0 unspecified atom stereocenters. The fraction of sp³-hybridized carbons (Fsp3) is 0.556. The molecule has 0 atom stereocenters. The number of hydroxylamine groups is 2. The standard InChI is InChI=1S/C8H15NO.CH4O4S/c1-4-7-9(8-5-2)10-6-3;1-5-6(2,3)4/h4-5H,1-2,6-8H2,3H3;1H3,(H,2,3,4). The zero-order valence-electron chi connectivity index (χ0n) is 9.63. The summed E-state index contributed by atoms with van der Waals surface area (Å²) in [6.07, 6.45) is 3.61. The van der Waals surface area contributed by atoms with Crippen LogP contribution in [0.15, 0.2) is 25.3 Å². The molecule has 6 nitrogen and oxygen atoms in total. The van der Waals surface area contributed by atoms with Gasteiger partial charge in [-0.3, -0.25) is 13.6 Å². The van der Waals surface area contributed by atoms with Gasteiger partial charge in [-0.05, 0) is 6.92 Å². The van der Waals surface area contributed by atoms with Crippen molar-refractivity contribution in [3.63, 3.8) is 0 Å². The van der Waals surface area contributed by atoms with Crippen molar-refractivity contribution in [1.29, 1.82) is 0 Å². The van der Waals surface area contributed by atoms with E-state index in [0.717, 1.165) is 20.2 Å². The van der Waals surface area contributed by atoms with E-state index < -0.39 is 10.4 Å². The van der Waals surface area contributed by atoms with Crippen LogP contribution >= 0.6 is 0 Å². The predicted molar refractivity (Wildman–Crippen MR) is 62.2 cm³/mol. The maximum absolute atomic E-state index is 9.33. The zero-order chi connectivity index (χ0) is 13.0. The van der Waals surface area contributed by atoms with E-state index in [1.165, 1.54) is 0 Å². The van der Waals surface area contributed by atoms with Crippen LogP contribution in [0.25, 0.3) is 0 Å². The second-order valence-electron chi connectivity index (χ2n) is 2.44. The molecular weight excluding hydrogens is 234 g/mol. The second kappa shape index (κ2) is 10.8. The topological polar surface area (TPSA) is 76.1 Å². The van der Waals surface area contributed by atoms with Gasteiger partial charge in [0.15, 0.2) is 0 Å². The van der Waals surface area contributed by atoms with Gasteiger partial charge in [-0.1, -0.05) is 12.2 Å². The van der Waals surface area contributed by atoms with Crippen molar-refractivity contribution in [2.45, 2.75) is 6.92 Å². The molecule has 0 spiro atoms. The molecule has 0 aromatic rings. The lowest BCUT2D eigenvalue weighted by Gasteiger charge is -2.16. The van der Waals surface area contributed by atoms with Gasteiger partial charge in [0.25, 0.3) is 0 Å². The van der Waals surface area contributed by atoms with Gasteiger partial charge in [-0.15, -0.1) is 13.2 Å². The van der Waals surface area contributed by atoms with Gasteiger partial charge in [-0.2, -0.15) is 13.5 Å². The minimum Gasteiger partial charge on any atom is -0.299 e. The summed E-state index contributed by atoms with van der Waals surface area (Å²) < 4.78 is 29.7. The highest BCUT2D eigenvalue weighted by atomic mass is 32.3. The molecule has 0 fully saturated rings. The Kier molecular flexibility index (Phi) is 11.9. The van der Waals surface area contributed by atoms with Crippen LogP contribution < -0.4 is 0 Å². The van der Waals surface area contributed by atoms with Gasteiger partial charge in [0.1, 0.15) is 0 Å². The highest BCUT2D eigenvalue weighted by molar-refractivity contribution is 7.80. The molecule has 0 aliphatic rings. The van der Waals surface area contributed by atoms with Gasteiger partial charge in [0.2, 0.25) is 0 Å². The van der Waals surface area contributed by atoms with Crippen molar-refractivity contribution in [3.05, 3.63) is 25.3 Å². The highest BCUT2D eigenvalue weighted by Gasteiger charge is 1.96. The van der Waals surface area contributed by atoms with Crippen molar-refractivity contribution in [2.75, 3.05) is 26.8 Å². The van der Waals surface area contributed by atoms with Crippen LogP contribution in [0.5, 0.6) is 0 Å². The Labute approximate surface area is 97.1 Å². The summed E-state index contributed by atoms with van der Waals surface area (Å²) in [4.78, 5) is 5.21. The minimum atomic E-state index is -4.16. The molecule has 0 saturated heterocycles. The fourth-order valence-corrected chi connectivity index (χ4v) is 0.651. The average molecular weight is 253 g/mol. The van der Waals surface area contributed by atoms with Crippen molar-refractivity contribution >= 4 is 10.4 Å². The first-order valence-corrected chi connectivity index (χ1v) is 5.90. The van der Waals surface area contributed by atoms with Gasteiger partial charge in [0.05, 0.1) is 13.7 Å². The zero-order valence-corrected chi connectivity index (χ0v) is 10.4. The molecule has 16 heavy (non-hydrogen) atoms. The lowest BCUT2D eigenvalue weighted by atomic mass is 10.5. The number of nitrogens with zero attached hydrogens (tertiary/aromatic N) is 1. The van der Waals surface area contributed by atoms with E-state index in [9.17, 15) is 8.42 Å². The first kappa shape index (κ1) is 17.7. The number of hydrogen-bond donors (Lipinski definition) is 1. The third-order valence-corrected chi connectivity index (χ3v) is 1.61. The molecule has 0 heterocycles. The first-order chi connectivity index (χ1) is 7.41. The smallest absolute Gasteiger partial charge is 0.299 e. The van der Waals surface area contributed by atoms with Gasteiger partial charge >= 0.3 is 10.4 Å². The quantitative estimate of drug-likeness (QED) is 0.415. The molecule has 0 saturated carbocycles. The third-order valence-electron chi connectivity index (χ3n) is 1.19. The normalized spacial score (nSPS) is 10.5. The van der Waals surface area contributed by atoms with E-state index in [4.69, 9.17) is 9.39 Å². The Morgan fingerprint density at radius 2 is 1.69 bits per heavy atom. The molecule has 0 radical (unpaired) electrons. The van der Waals surface area contributed by atoms with Crippen LogP contribution in [-0.4, -0.2) is 44.8 Å². The summed E-state index contributed by atoms with van der Waals surface area (Å²) in [5.41, 5.74) is 0. The maximum atomic E-state index is 9.33. The van der Waals surface area contributed by atoms with Crippen LogP contribution in [-0.2, 0) is 19.4 Å². The van der Waals surface area contributed by atoms with Gasteiger partial charge in [-0.25, -0.2) is 0 Å². The second-order valence-corrected chi connectivity index (χ2v) is 3.63. The lowest BCUT2D eigenvalue weighted by Crippen LogP contribution is -2.23. The van der Waals surface area contributed by atoms with E-state index in [2.05, 4.69) is 17.3 Å². The van der Waals surface area contributed by atoms with Crippen LogP contribution in [0, 0.1) is 0 Å². The molecule has 1 N–H and O–H groups in total. The Morgan fingerprint density at radius 3 is 1.88 bits per heavy atom. The molecule has 0 aromatic heterocycles. The minimum absolute atomic E-state index is 0.696. The Morgan fingerprint density at radius 1 is 1.31 bits per heavy atom. The molecular formula is C9H19NO5S. The van der Waals surface area contributed by atoms with Crippen LogP contribution in [0.4, 0.5) is 0 Å². The van der Waals surface area contributed by atoms with Crippen molar-refractivity contribution in [3.8, 4) is 0 Å². The molecule has 0 aliphatic carbocycles. The highest BCUT2D eigenvalue weighted by Crippen LogP contribution is 1.89. The van der Waals surface area contributed by atoms with Gasteiger partial charge in [0, 0.05) is 13.1 Å². The van der Waals surface area contributed by atoms with Crippen LogP contribution in [0.3, 0.4) is 0 Å². The molecule has 0 aliphatic heterocycles. The summed E-state index contributed by atoms with van der Waals surface area (Å²) in [5, 5.41) is 1.81. The largest absolute Gasteiger partial charge is 0.397 e. The summed E-state index contributed by atoms with van der Waals surface area (Å²) >= 11 is 0. The average Bonchev–Trinajstić information content (AvgIpc) is 2.19. The van der Waals surface area contributed by atoms with E-state index in [0.29, 0.717) is 6.61 Å². The van der Waals surface area contributed by atoms with Gasteiger partial charge < -0.3 is 0 Å². The maximum Gasteiger partial charge on any atom is 0.397 e. The summed E-state index contributed by atoms with van der Waals surface area (Å²) in [6, 6.07) is 0. The Balaban J connectivity index is 0. The molecule has 0 bridgehead atoms. The molecule has 0 rings (SSSR count). The van der Waals surface area contributed by atoms with E-state index in [-0.39, 0.29) is 0 Å². The summed E-state index contributed by atoms with van der Waals surface area (Å²) in [6.45, 7) is 11.4. The van der Waals surface area contributed by atoms with Crippen LogP contribution in [0.1, 0.15) is 6.92 Å². The molecule has 7 heteroatoms. The number of rotatable bonds is 7. The van der Waals surface area contributed by atoms with Crippen molar-refractivity contribution < 1.29 is 22.0 Å². The third kappa shape index (κ3) is 15.7. The van der Waals surface area contributed by atoms with E-state index >= 15 is 0 Å². The monoisotopic (exact) mass is 253 g/mol. The molecule has 0 amide bonds. The Hall–Kier alpha value is -0.730. The van der Waals surface area contributed by atoms with E-state index in [1.54, 1.807) is 17.2 Å². The van der Waals surface area contributed by atoms with Crippen molar-refractivity contribution in [2.24, 2.45) is 0 Å². The molecule has 96 valence electrons. The number of hydrogen-bond acceptors (Lipinski definition) is 5. The van der Waals surface area contributed by atoms with Crippen LogP contribution in [0.2, 0.25) is 0 Å². The first-order valence-electron chi connectivity index (χ1n) is 4.53. The van der Waals surface area contributed by atoms with E-state index in [1.807, 2.05) is 6.92 Å². The Bertz CT molecular complexity index is 266. The fourth-order valence-electron chi connectivity index (χ4n) is 0.651. The molecule has 0 aromatic carbocycles.